The van der Waals surface area contributed by atoms with Crippen LogP contribution in [0.1, 0.15) is 6.92 Å². The van der Waals surface area contributed by atoms with E-state index in [0.29, 0.717) is 0 Å². The minimum absolute atomic E-state index is 1.06. The second-order valence-electron chi connectivity index (χ2n) is 1.44. The Bertz CT molecular complexity index is 82.2. The molecule has 7 heavy (non-hydrogen) atoms. The third-order valence-electron chi connectivity index (χ3n) is 0.517. The molecular weight excluding hydrogens is 84.1 g/mol. The lowest BCUT2D eigenvalue weighted by molar-refractivity contribution is 1.53. The maximum atomic E-state index is 3.66. The summed E-state index contributed by atoms with van der Waals surface area (Å²) in [5, 5.41) is 0. The van der Waals surface area contributed by atoms with Crippen molar-refractivity contribution in [1.29, 1.82) is 0 Å². The molecule has 0 rings (SSSR count). The minimum Gasteiger partial charge on any atom is -0.0842 e. The largest absolute Gasteiger partial charge is 0.0842 e. The normalized spacial score (nSPS) is 13.3. The Morgan fingerprint density at radius 2 is 2.14 bits per heavy atom. The van der Waals surface area contributed by atoms with E-state index in [9.17, 15) is 0 Å². The van der Waals surface area contributed by atoms with Crippen molar-refractivity contribution in [1.82, 2.24) is 0 Å². The van der Waals surface area contributed by atoms with Crippen molar-refractivity contribution in [2.45, 2.75) is 6.92 Å². The van der Waals surface area contributed by atoms with Gasteiger partial charge in [0.2, 0.25) is 0 Å². The zero-order chi connectivity index (χ0) is 5.70. The number of rotatable bonds is 1. The molecule has 0 fully saturated rings. The van der Waals surface area contributed by atoms with Gasteiger partial charge in [0.15, 0.2) is 0 Å². The van der Waals surface area contributed by atoms with E-state index in [2.05, 4.69) is 13.8 Å². The summed E-state index contributed by atoms with van der Waals surface area (Å²) in [5.74, 6) is 0. The van der Waals surface area contributed by atoms with E-state index in [-0.39, 0.29) is 0 Å². The van der Waals surface area contributed by atoms with Gasteiger partial charge in [0.1, 0.15) is 0 Å². The first kappa shape index (κ1) is 6.48. The van der Waals surface area contributed by atoms with Gasteiger partial charge in [0, 0.05) is 0 Å². The Morgan fingerprint density at radius 3 is 2.29 bits per heavy atom. The van der Waals surface area contributed by atoms with E-state index in [1.54, 1.807) is 6.08 Å². The molecule has 0 N–H and O–H groups in total. The standard InChI is InChI=1S/C7H10/c1-4-5-6-7(2)3/h4-6H,1-2H2,3H3. The highest BCUT2D eigenvalue weighted by Gasteiger charge is 1.65. The molecule has 0 aliphatic rings. The molecule has 0 heteroatoms. The van der Waals surface area contributed by atoms with E-state index in [1.807, 2.05) is 19.1 Å². The van der Waals surface area contributed by atoms with Crippen LogP contribution in [0.15, 0.2) is 23.8 Å². The van der Waals surface area contributed by atoms with E-state index >= 15 is 0 Å². The van der Waals surface area contributed by atoms with Gasteiger partial charge in [-0.25, -0.2) is 0 Å². The fourth-order valence-corrected chi connectivity index (χ4v) is 0.232. The van der Waals surface area contributed by atoms with Gasteiger partial charge in [-0.3, -0.25) is 0 Å². The minimum atomic E-state index is 1.06. The summed E-state index contributed by atoms with van der Waals surface area (Å²) in [6, 6.07) is 0. The van der Waals surface area contributed by atoms with Crippen LogP contribution in [0.5, 0.6) is 0 Å². The first-order valence-electron chi connectivity index (χ1n) is 2.22. The summed E-state index contributed by atoms with van der Waals surface area (Å²) in [6.45, 7) is 9.11. The van der Waals surface area contributed by atoms with Gasteiger partial charge < -0.3 is 0 Å². The molecule has 2 radical (unpaired) electrons. The summed E-state index contributed by atoms with van der Waals surface area (Å²) >= 11 is 0. The molecule has 0 aliphatic heterocycles. The van der Waals surface area contributed by atoms with Crippen LogP contribution in [0.3, 0.4) is 0 Å². The van der Waals surface area contributed by atoms with Gasteiger partial charge in [-0.1, -0.05) is 23.8 Å². The summed E-state index contributed by atoms with van der Waals surface area (Å²) in [7, 11) is 0. The van der Waals surface area contributed by atoms with E-state index in [0.717, 1.165) is 5.57 Å². The summed E-state index contributed by atoms with van der Waals surface area (Å²) < 4.78 is 0. The van der Waals surface area contributed by atoms with Crippen molar-refractivity contribution < 1.29 is 0 Å². The van der Waals surface area contributed by atoms with Gasteiger partial charge in [-0.05, 0) is 20.8 Å². The Hall–Kier alpha value is -0.520. The van der Waals surface area contributed by atoms with Gasteiger partial charge in [0.05, 0.1) is 0 Å². The molecule has 0 aromatic heterocycles. The van der Waals surface area contributed by atoms with Crippen molar-refractivity contribution in [3.8, 4) is 0 Å². The summed E-state index contributed by atoms with van der Waals surface area (Å²) in [4.78, 5) is 0. The topological polar surface area (TPSA) is 0 Å². The van der Waals surface area contributed by atoms with Crippen LogP contribution in [0, 0.1) is 13.8 Å². The van der Waals surface area contributed by atoms with Crippen molar-refractivity contribution in [2.75, 3.05) is 0 Å². The molecule has 0 atom stereocenters. The predicted octanol–water partition coefficient (Wildman–Crippen LogP) is 2.16. The van der Waals surface area contributed by atoms with E-state index in [1.165, 1.54) is 0 Å². The van der Waals surface area contributed by atoms with Gasteiger partial charge in [-0.2, -0.15) is 0 Å². The van der Waals surface area contributed by atoms with Crippen molar-refractivity contribution in [2.24, 2.45) is 0 Å². The average molecular weight is 94.2 g/mol. The molecule has 0 bridgehead atoms. The Morgan fingerprint density at radius 1 is 1.57 bits per heavy atom. The third kappa shape index (κ3) is 5.48. The zero-order valence-electron chi connectivity index (χ0n) is 4.65. The Labute approximate surface area is 45.5 Å². The second kappa shape index (κ2) is 3.66. The monoisotopic (exact) mass is 94.1 g/mol. The van der Waals surface area contributed by atoms with Crippen LogP contribution in [0.4, 0.5) is 0 Å². The number of hydrogen-bond acceptors (Lipinski definition) is 0. The zero-order valence-corrected chi connectivity index (χ0v) is 4.65. The van der Waals surface area contributed by atoms with Crippen molar-refractivity contribution >= 4 is 0 Å². The molecule has 0 spiro atoms. The first-order chi connectivity index (χ1) is 3.27. The molecular formula is C7H10. The highest BCUT2D eigenvalue weighted by Crippen LogP contribution is 1.86. The molecule has 0 saturated carbocycles. The average Bonchev–Trinajstić information content (AvgIpc) is 1.61. The van der Waals surface area contributed by atoms with Crippen molar-refractivity contribution in [3.63, 3.8) is 0 Å². The SMILES string of the molecule is [CH2]C=CC=C([CH2])C. The third-order valence-corrected chi connectivity index (χ3v) is 0.517. The number of hydrogen-bond donors (Lipinski definition) is 0. The van der Waals surface area contributed by atoms with Crippen molar-refractivity contribution in [3.05, 3.63) is 37.6 Å². The Balaban J connectivity index is 3.46. The molecule has 38 valence electrons. The summed E-state index contributed by atoms with van der Waals surface area (Å²) in [6.07, 6.45) is 5.50. The fourth-order valence-electron chi connectivity index (χ4n) is 0.232. The molecule has 0 unspecified atom stereocenters. The van der Waals surface area contributed by atoms with E-state index in [4.69, 9.17) is 0 Å². The molecule has 0 aromatic rings. The lowest BCUT2D eigenvalue weighted by atomic mass is 10.3. The van der Waals surface area contributed by atoms with E-state index < -0.39 is 0 Å². The van der Waals surface area contributed by atoms with Gasteiger partial charge in [-0.15, -0.1) is 0 Å². The fraction of sp³-hybridized carbons (Fsp3) is 0.143. The number of allylic oxidation sites excluding steroid dienone is 4. The summed E-state index contributed by atoms with van der Waals surface area (Å²) in [5.41, 5.74) is 1.06. The lowest BCUT2D eigenvalue weighted by Gasteiger charge is -1.77. The van der Waals surface area contributed by atoms with Crippen LogP contribution in [0.2, 0.25) is 0 Å². The molecule has 0 amide bonds. The first-order valence-corrected chi connectivity index (χ1v) is 2.22. The highest BCUT2D eigenvalue weighted by molar-refractivity contribution is 5.12. The maximum absolute atomic E-state index is 3.66. The van der Waals surface area contributed by atoms with Crippen LogP contribution in [0.25, 0.3) is 0 Å². The van der Waals surface area contributed by atoms with Gasteiger partial charge >= 0.3 is 0 Å². The quantitative estimate of drug-likeness (QED) is 0.437. The van der Waals surface area contributed by atoms with Crippen LogP contribution < -0.4 is 0 Å². The highest BCUT2D eigenvalue weighted by atomic mass is 13.7. The predicted molar refractivity (Wildman–Crippen MR) is 33.6 cm³/mol. The van der Waals surface area contributed by atoms with Crippen LogP contribution in [-0.2, 0) is 0 Å². The lowest BCUT2D eigenvalue weighted by Crippen LogP contribution is -1.57. The smallest absolute Gasteiger partial charge is 0.0283 e. The second-order valence-corrected chi connectivity index (χ2v) is 1.44. The van der Waals surface area contributed by atoms with Crippen LogP contribution in [-0.4, -0.2) is 0 Å². The molecule has 0 nitrogen and oxygen atoms in total. The molecule has 0 saturated heterocycles. The van der Waals surface area contributed by atoms with Crippen LogP contribution >= 0.6 is 0 Å². The van der Waals surface area contributed by atoms with Gasteiger partial charge in [0.25, 0.3) is 0 Å². The molecule has 0 aliphatic carbocycles. The maximum Gasteiger partial charge on any atom is -0.0283 e. The Kier molecular flexibility index (Phi) is 3.39. The molecule has 0 aromatic carbocycles. The molecule has 0 heterocycles.